The smallest absolute Gasteiger partial charge is 0.303 e. The Morgan fingerprint density at radius 1 is 1.03 bits per heavy atom. The predicted octanol–water partition coefficient (Wildman–Crippen LogP) is 5.12. The third-order valence-corrected chi connectivity index (χ3v) is 7.88. The Hall–Kier alpha value is -3.94. The number of carboxylic acids is 1. The van der Waals surface area contributed by atoms with Crippen molar-refractivity contribution in [1.82, 2.24) is 14.9 Å². The lowest BCUT2D eigenvalue weighted by Gasteiger charge is -2.27. The van der Waals surface area contributed by atoms with E-state index < -0.39 is 5.97 Å². The summed E-state index contributed by atoms with van der Waals surface area (Å²) in [5, 5.41) is 9.06. The summed E-state index contributed by atoms with van der Waals surface area (Å²) in [6.45, 7) is 0.714. The van der Waals surface area contributed by atoms with E-state index in [0.717, 1.165) is 50.6 Å². The van der Waals surface area contributed by atoms with Crippen molar-refractivity contribution in [3.05, 3.63) is 82.9 Å². The number of nitrogen functional groups attached to an aromatic ring is 1. The number of carbonyl (C=O) groups excluding carboxylic acids is 1. The van der Waals surface area contributed by atoms with Gasteiger partial charge in [-0.2, -0.15) is 4.98 Å². The van der Waals surface area contributed by atoms with Crippen LogP contribution in [-0.4, -0.2) is 45.0 Å². The highest BCUT2D eigenvalue weighted by molar-refractivity contribution is 6.02. The number of carbonyl (C=O) groups is 2. The van der Waals surface area contributed by atoms with Crippen LogP contribution in [0.5, 0.6) is 5.88 Å². The van der Waals surface area contributed by atoms with E-state index in [0.29, 0.717) is 37.2 Å². The number of carboxylic acid groups (broad SMARTS) is 1. The van der Waals surface area contributed by atoms with Gasteiger partial charge in [0.2, 0.25) is 5.88 Å². The summed E-state index contributed by atoms with van der Waals surface area (Å²) in [6.07, 6.45) is 15.8. The molecule has 2 heterocycles. The molecule has 3 N–H and O–H groups in total. The summed E-state index contributed by atoms with van der Waals surface area (Å²) in [5.74, 6) is 0.909. The van der Waals surface area contributed by atoms with Crippen LogP contribution in [0.2, 0.25) is 0 Å². The van der Waals surface area contributed by atoms with Crippen LogP contribution >= 0.6 is 0 Å². The largest absolute Gasteiger partial charge is 0.481 e. The molecule has 1 saturated carbocycles. The van der Waals surface area contributed by atoms with E-state index in [1.165, 1.54) is 11.1 Å². The van der Waals surface area contributed by atoms with E-state index in [2.05, 4.69) is 40.3 Å². The summed E-state index contributed by atoms with van der Waals surface area (Å²) in [5.41, 5.74) is 9.78. The fraction of sp³-hybridized carbons (Fsp3) is 0.419. The SMILES string of the molecule is Nc1nc(CCc2ccccc2)nc2c1C(=O)N(C1=CCC=C(CC3CCC(CC(=O)O)CC3)C=C1)CCO2. The van der Waals surface area contributed by atoms with Crippen molar-refractivity contribution in [2.75, 3.05) is 18.9 Å². The minimum absolute atomic E-state index is 0.149. The Labute approximate surface area is 229 Å². The molecule has 0 unspecified atom stereocenters. The molecule has 204 valence electrons. The van der Waals surface area contributed by atoms with Gasteiger partial charge < -0.3 is 20.5 Å². The second-order valence-electron chi connectivity index (χ2n) is 10.7. The average molecular weight is 529 g/mol. The number of aliphatic carboxylic acids is 1. The highest BCUT2D eigenvalue weighted by Gasteiger charge is 2.30. The summed E-state index contributed by atoms with van der Waals surface area (Å²) in [7, 11) is 0. The van der Waals surface area contributed by atoms with E-state index in [1.807, 2.05) is 24.3 Å². The Morgan fingerprint density at radius 2 is 1.79 bits per heavy atom. The molecule has 1 aromatic carbocycles. The molecule has 2 aromatic rings. The zero-order valence-electron chi connectivity index (χ0n) is 22.2. The first-order valence-corrected chi connectivity index (χ1v) is 13.9. The number of aryl methyl sites for hydroxylation is 2. The number of benzene rings is 1. The lowest BCUT2D eigenvalue weighted by molar-refractivity contribution is -0.138. The zero-order chi connectivity index (χ0) is 27.2. The molecule has 2 aliphatic carbocycles. The fourth-order valence-corrected chi connectivity index (χ4v) is 5.77. The van der Waals surface area contributed by atoms with Crippen LogP contribution in [0.15, 0.2) is 65.9 Å². The van der Waals surface area contributed by atoms with Crippen molar-refractivity contribution in [3.63, 3.8) is 0 Å². The molecule has 1 aromatic heterocycles. The lowest BCUT2D eigenvalue weighted by Crippen LogP contribution is -2.31. The average Bonchev–Trinajstić information content (AvgIpc) is 3.25. The van der Waals surface area contributed by atoms with Gasteiger partial charge in [0.15, 0.2) is 0 Å². The maximum Gasteiger partial charge on any atom is 0.303 e. The minimum Gasteiger partial charge on any atom is -0.481 e. The number of hydrogen-bond donors (Lipinski definition) is 2. The van der Waals surface area contributed by atoms with Gasteiger partial charge in [-0.05, 0) is 68.4 Å². The van der Waals surface area contributed by atoms with Crippen molar-refractivity contribution in [2.24, 2.45) is 11.8 Å². The zero-order valence-corrected chi connectivity index (χ0v) is 22.2. The first kappa shape index (κ1) is 26.7. The molecule has 0 spiro atoms. The van der Waals surface area contributed by atoms with Crippen molar-refractivity contribution in [2.45, 2.75) is 57.8 Å². The molecular weight excluding hydrogens is 492 g/mol. The lowest BCUT2D eigenvalue weighted by atomic mass is 9.78. The van der Waals surface area contributed by atoms with E-state index in [4.69, 9.17) is 15.6 Å². The molecule has 39 heavy (non-hydrogen) atoms. The molecule has 1 amide bonds. The van der Waals surface area contributed by atoms with Gasteiger partial charge in [0, 0.05) is 18.5 Å². The third-order valence-electron chi connectivity index (χ3n) is 7.88. The van der Waals surface area contributed by atoms with Gasteiger partial charge in [-0.3, -0.25) is 9.59 Å². The maximum absolute atomic E-state index is 13.6. The number of aromatic nitrogens is 2. The van der Waals surface area contributed by atoms with Crippen LogP contribution in [0.3, 0.4) is 0 Å². The molecule has 0 saturated heterocycles. The van der Waals surface area contributed by atoms with Crippen LogP contribution in [0.25, 0.3) is 0 Å². The molecule has 0 bridgehead atoms. The number of allylic oxidation sites excluding steroid dienone is 5. The van der Waals surface area contributed by atoms with Gasteiger partial charge >= 0.3 is 5.97 Å². The van der Waals surface area contributed by atoms with E-state index in [9.17, 15) is 9.59 Å². The van der Waals surface area contributed by atoms with Gasteiger partial charge in [-0.1, -0.05) is 54.1 Å². The van der Waals surface area contributed by atoms with Gasteiger partial charge in [0.1, 0.15) is 23.8 Å². The first-order valence-electron chi connectivity index (χ1n) is 13.9. The van der Waals surface area contributed by atoms with E-state index >= 15 is 0 Å². The van der Waals surface area contributed by atoms with Crippen molar-refractivity contribution >= 4 is 17.7 Å². The number of anilines is 1. The van der Waals surface area contributed by atoms with Crippen LogP contribution < -0.4 is 10.5 Å². The topological polar surface area (TPSA) is 119 Å². The molecule has 8 nitrogen and oxygen atoms in total. The van der Waals surface area contributed by atoms with Gasteiger partial charge in [0.05, 0.1) is 6.54 Å². The number of nitrogens with zero attached hydrogens (tertiary/aromatic N) is 3. The van der Waals surface area contributed by atoms with Gasteiger partial charge in [-0.25, -0.2) is 4.98 Å². The predicted molar refractivity (Wildman–Crippen MR) is 149 cm³/mol. The molecule has 1 fully saturated rings. The Morgan fingerprint density at radius 3 is 2.56 bits per heavy atom. The number of amides is 1. The van der Waals surface area contributed by atoms with Gasteiger partial charge in [-0.15, -0.1) is 0 Å². The van der Waals surface area contributed by atoms with Crippen LogP contribution in [0.1, 0.15) is 66.7 Å². The fourth-order valence-electron chi connectivity index (χ4n) is 5.77. The number of fused-ring (bicyclic) bond motifs is 1. The van der Waals surface area contributed by atoms with Crippen LogP contribution in [0.4, 0.5) is 5.82 Å². The number of nitrogens with two attached hydrogens (primary N) is 1. The second-order valence-corrected chi connectivity index (χ2v) is 10.7. The van der Waals surface area contributed by atoms with E-state index in [1.54, 1.807) is 4.90 Å². The Balaban J connectivity index is 1.22. The molecule has 5 rings (SSSR count). The van der Waals surface area contributed by atoms with Crippen molar-refractivity contribution < 1.29 is 19.4 Å². The third kappa shape index (κ3) is 6.74. The molecule has 3 aliphatic rings. The Kier molecular flexibility index (Phi) is 8.39. The standard InChI is InChI=1S/C31H36N4O4/c32-29-28-30(34-26(33-29)16-14-21-5-2-1-3-6-21)39-18-17-35(31(28)38)25-8-4-7-22(13-15-25)19-23-9-11-24(12-10-23)20-27(36)37/h1-3,5-8,13,15,23-24H,4,9-12,14,16-20H2,(H,36,37)(H2,32,33,34). The van der Waals surface area contributed by atoms with E-state index in [-0.39, 0.29) is 29.6 Å². The molecule has 8 heteroatoms. The number of rotatable bonds is 8. The normalized spacial score (nSPS) is 21.2. The first-order chi connectivity index (χ1) is 19.0. The summed E-state index contributed by atoms with van der Waals surface area (Å²) in [4.78, 5) is 35.3. The van der Waals surface area contributed by atoms with Crippen molar-refractivity contribution in [1.29, 1.82) is 0 Å². The van der Waals surface area contributed by atoms with Gasteiger partial charge in [0.25, 0.3) is 5.91 Å². The summed E-state index contributed by atoms with van der Waals surface area (Å²) in [6, 6.07) is 10.1. The second kappa shape index (κ2) is 12.3. The highest BCUT2D eigenvalue weighted by atomic mass is 16.5. The highest BCUT2D eigenvalue weighted by Crippen LogP contribution is 2.35. The molecule has 1 aliphatic heterocycles. The number of ether oxygens (including phenoxy) is 1. The van der Waals surface area contributed by atoms with Crippen molar-refractivity contribution in [3.8, 4) is 5.88 Å². The minimum atomic E-state index is -0.695. The molecule has 0 radical (unpaired) electrons. The van der Waals surface area contributed by atoms with Crippen LogP contribution in [-0.2, 0) is 17.6 Å². The molecule has 0 atom stereocenters. The monoisotopic (exact) mass is 528 g/mol. The number of hydrogen-bond acceptors (Lipinski definition) is 6. The summed E-state index contributed by atoms with van der Waals surface area (Å²) >= 11 is 0. The maximum atomic E-state index is 13.6. The molecular formula is C31H36N4O4. The van der Waals surface area contributed by atoms with Crippen LogP contribution in [0, 0.1) is 11.8 Å². The summed E-state index contributed by atoms with van der Waals surface area (Å²) < 4.78 is 5.90. The Bertz CT molecular complexity index is 1290. The quantitative estimate of drug-likeness (QED) is 0.488.